The third kappa shape index (κ3) is 5.14. The Morgan fingerprint density at radius 3 is 2.32 bits per heavy atom. The van der Waals surface area contributed by atoms with Gasteiger partial charge < -0.3 is 10.2 Å². The number of carbonyl (C=O) groups is 2. The van der Waals surface area contributed by atoms with E-state index in [1.165, 1.54) is 13.0 Å². The van der Waals surface area contributed by atoms with Crippen molar-refractivity contribution in [2.24, 2.45) is 0 Å². The van der Waals surface area contributed by atoms with Crippen LogP contribution in [0.3, 0.4) is 0 Å². The highest BCUT2D eigenvalue weighted by Gasteiger charge is 2.15. The van der Waals surface area contributed by atoms with Crippen LogP contribution >= 0.6 is 0 Å². The number of nitrogens with zero attached hydrogens (tertiary/aromatic N) is 1. The van der Waals surface area contributed by atoms with Crippen molar-refractivity contribution < 1.29 is 14.0 Å². The molecule has 0 aliphatic rings. The Kier molecular flexibility index (Phi) is 6.69. The van der Waals surface area contributed by atoms with Crippen LogP contribution in [0.4, 0.5) is 10.1 Å². The first kappa shape index (κ1) is 18.6. The lowest BCUT2D eigenvalue weighted by Crippen LogP contribution is -2.38. The van der Waals surface area contributed by atoms with E-state index in [0.29, 0.717) is 18.7 Å². The van der Waals surface area contributed by atoms with E-state index in [4.69, 9.17) is 0 Å². The number of benzene rings is 2. The van der Waals surface area contributed by atoms with Gasteiger partial charge in [0.25, 0.3) is 0 Å². The third-order valence-electron chi connectivity index (χ3n) is 4.01. The number of halogens is 1. The summed E-state index contributed by atoms with van der Waals surface area (Å²) in [5, 5.41) is 2.75. The maximum Gasteiger partial charge on any atom is 0.224 e. The molecule has 2 aromatic rings. The van der Waals surface area contributed by atoms with Crippen molar-refractivity contribution in [1.29, 1.82) is 0 Å². The fourth-order valence-electron chi connectivity index (χ4n) is 2.71. The number of carbonyl (C=O) groups excluding carboxylic acids is 2. The maximum atomic E-state index is 13.6. The van der Waals surface area contributed by atoms with Crippen molar-refractivity contribution in [2.75, 3.05) is 18.0 Å². The molecule has 0 aliphatic carbocycles. The van der Waals surface area contributed by atoms with Gasteiger partial charge in [0.1, 0.15) is 5.82 Å². The van der Waals surface area contributed by atoms with Crippen molar-refractivity contribution in [2.45, 2.75) is 26.7 Å². The quantitative estimate of drug-likeness (QED) is 0.840. The van der Waals surface area contributed by atoms with Crippen LogP contribution in [-0.4, -0.2) is 24.9 Å². The molecule has 0 heterocycles. The smallest absolute Gasteiger partial charge is 0.224 e. The third-order valence-corrected chi connectivity index (χ3v) is 4.01. The molecule has 0 bridgehead atoms. The van der Waals surface area contributed by atoms with E-state index in [-0.39, 0.29) is 24.1 Å². The molecule has 132 valence electrons. The minimum atomic E-state index is -0.389. The fraction of sp³-hybridized carbons (Fsp3) is 0.300. The van der Waals surface area contributed by atoms with Crippen LogP contribution in [0.15, 0.2) is 48.5 Å². The molecule has 0 unspecified atom stereocenters. The van der Waals surface area contributed by atoms with Crippen LogP contribution in [0.2, 0.25) is 0 Å². The normalized spacial score (nSPS) is 10.4. The highest BCUT2D eigenvalue weighted by Crippen LogP contribution is 2.20. The Bertz CT molecular complexity index is 746. The number of hydrogen-bond acceptors (Lipinski definition) is 2. The predicted octanol–water partition coefficient (Wildman–Crippen LogP) is 3.10. The van der Waals surface area contributed by atoms with E-state index in [0.717, 1.165) is 17.7 Å². The van der Waals surface area contributed by atoms with Crippen LogP contribution in [0, 0.1) is 5.82 Å². The Morgan fingerprint density at radius 1 is 1.04 bits per heavy atom. The summed E-state index contributed by atoms with van der Waals surface area (Å²) < 4.78 is 13.6. The van der Waals surface area contributed by atoms with Crippen LogP contribution < -0.4 is 10.2 Å². The SMILES string of the molecule is CCc1ccccc1N(CCNC(=O)Cc1ccccc1F)C(C)=O. The first-order valence-corrected chi connectivity index (χ1v) is 8.39. The average Bonchev–Trinajstić information content (AvgIpc) is 2.60. The highest BCUT2D eigenvalue weighted by atomic mass is 19.1. The Labute approximate surface area is 147 Å². The van der Waals surface area contributed by atoms with Gasteiger partial charge in [-0.15, -0.1) is 0 Å². The van der Waals surface area contributed by atoms with Gasteiger partial charge in [0, 0.05) is 25.7 Å². The molecule has 2 amide bonds. The molecular weight excluding hydrogens is 319 g/mol. The van der Waals surface area contributed by atoms with Gasteiger partial charge in [-0.25, -0.2) is 4.39 Å². The van der Waals surface area contributed by atoms with Gasteiger partial charge in [-0.05, 0) is 29.7 Å². The number of anilines is 1. The van der Waals surface area contributed by atoms with Gasteiger partial charge in [-0.1, -0.05) is 43.3 Å². The second-order valence-corrected chi connectivity index (χ2v) is 5.77. The minimum absolute atomic E-state index is 0.0156. The molecule has 0 saturated heterocycles. The van der Waals surface area contributed by atoms with Gasteiger partial charge in [0.15, 0.2) is 0 Å². The molecular formula is C20H23FN2O2. The standard InChI is InChI=1S/C20H23FN2O2/c1-3-16-8-5-7-11-19(16)23(15(2)24)13-12-22-20(25)14-17-9-4-6-10-18(17)21/h4-11H,3,12-14H2,1-2H3,(H,22,25). The fourth-order valence-corrected chi connectivity index (χ4v) is 2.71. The lowest BCUT2D eigenvalue weighted by Gasteiger charge is -2.24. The molecule has 2 aromatic carbocycles. The first-order chi connectivity index (χ1) is 12.0. The molecule has 0 aromatic heterocycles. The Balaban J connectivity index is 1.95. The van der Waals surface area contributed by atoms with Gasteiger partial charge in [0.05, 0.1) is 6.42 Å². The van der Waals surface area contributed by atoms with Gasteiger partial charge in [-0.3, -0.25) is 9.59 Å². The maximum absolute atomic E-state index is 13.6. The first-order valence-electron chi connectivity index (χ1n) is 8.39. The highest BCUT2D eigenvalue weighted by molar-refractivity contribution is 5.92. The summed E-state index contributed by atoms with van der Waals surface area (Å²) in [5.74, 6) is -0.735. The Morgan fingerprint density at radius 2 is 1.68 bits per heavy atom. The van der Waals surface area contributed by atoms with E-state index in [2.05, 4.69) is 5.32 Å². The summed E-state index contributed by atoms with van der Waals surface area (Å²) in [4.78, 5) is 25.6. The summed E-state index contributed by atoms with van der Waals surface area (Å²) in [6.07, 6.45) is 0.803. The molecule has 4 nitrogen and oxygen atoms in total. The molecule has 2 rings (SSSR count). The molecule has 0 fully saturated rings. The summed E-state index contributed by atoms with van der Waals surface area (Å²) >= 11 is 0. The zero-order valence-electron chi connectivity index (χ0n) is 14.6. The van der Waals surface area contributed by atoms with Crippen molar-refractivity contribution in [3.8, 4) is 0 Å². The number of amides is 2. The number of hydrogen-bond donors (Lipinski definition) is 1. The second kappa shape index (κ2) is 8.97. The zero-order valence-corrected chi connectivity index (χ0v) is 14.6. The van der Waals surface area contributed by atoms with Crippen LogP contribution in [-0.2, 0) is 22.4 Å². The van der Waals surface area contributed by atoms with Gasteiger partial charge >= 0.3 is 0 Å². The van der Waals surface area contributed by atoms with E-state index >= 15 is 0 Å². The number of nitrogens with one attached hydrogen (secondary N) is 1. The van der Waals surface area contributed by atoms with Crippen LogP contribution in [0.1, 0.15) is 25.0 Å². The molecule has 0 saturated carbocycles. The number of rotatable bonds is 7. The lowest BCUT2D eigenvalue weighted by atomic mass is 10.1. The van der Waals surface area contributed by atoms with E-state index in [1.54, 1.807) is 23.1 Å². The van der Waals surface area contributed by atoms with Crippen molar-refractivity contribution in [3.63, 3.8) is 0 Å². The average molecular weight is 342 g/mol. The van der Waals surface area contributed by atoms with E-state index < -0.39 is 0 Å². The topological polar surface area (TPSA) is 49.4 Å². The molecule has 5 heteroatoms. The summed E-state index contributed by atoms with van der Waals surface area (Å²) in [6, 6.07) is 13.9. The van der Waals surface area contributed by atoms with Crippen LogP contribution in [0.25, 0.3) is 0 Å². The minimum Gasteiger partial charge on any atom is -0.354 e. The Hall–Kier alpha value is -2.69. The molecule has 0 aliphatic heterocycles. The summed E-state index contributed by atoms with van der Waals surface area (Å²) in [6.45, 7) is 4.22. The molecule has 1 N–H and O–H groups in total. The largest absolute Gasteiger partial charge is 0.354 e. The number of para-hydroxylation sites is 1. The monoisotopic (exact) mass is 342 g/mol. The summed E-state index contributed by atoms with van der Waals surface area (Å²) in [5.41, 5.74) is 2.30. The predicted molar refractivity (Wildman–Crippen MR) is 97.0 cm³/mol. The molecule has 25 heavy (non-hydrogen) atoms. The van der Waals surface area contributed by atoms with Gasteiger partial charge in [-0.2, -0.15) is 0 Å². The van der Waals surface area contributed by atoms with Crippen molar-refractivity contribution in [1.82, 2.24) is 5.32 Å². The van der Waals surface area contributed by atoms with Crippen LogP contribution in [0.5, 0.6) is 0 Å². The van der Waals surface area contributed by atoms with E-state index in [9.17, 15) is 14.0 Å². The lowest BCUT2D eigenvalue weighted by molar-refractivity contribution is -0.121. The van der Waals surface area contributed by atoms with Crippen molar-refractivity contribution >= 4 is 17.5 Å². The van der Waals surface area contributed by atoms with Gasteiger partial charge in [0.2, 0.25) is 11.8 Å². The second-order valence-electron chi connectivity index (χ2n) is 5.77. The summed E-state index contributed by atoms with van der Waals surface area (Å²) in [7, 11) is 0. The number of aryl methyl sites for hydroxylation is 1. The molecule has 0 radical (unpaired) electrons. The molecule has 0 spiro atoms. The zero-order chi connectivity index (χ0) is 18.2. The molecule has 0 atom stereocenters. The van der Waals surface area contributed by atoms with Crippen molar-refractivity contribution in [3.05, 3.63) is 65.5 Å². The van der Waals surface area contributed by atoms with E-state index in [1.807, 2.05) is 31.2 Å².